The molecule has 0 radical (unpaired) electrons. The highest BCUT2D eigenvalue weighted by atomic mass is 35.5. The number of ether oxygens (including phenoxy) is 2. The highest BCUT2D eigenvalue weighted by Gasteiger charge is 2.29. The minimum absolute atomic E-state index is 0.0554. The molecule has 1 heterocycles. The Labute approximate surface area is 181 Å². The molecule has 3 rings (SSSR count). The standard InChI is InChI=1S/C23H25ClN2O4/c1-3-10-29-23(28)30-18-9-8-16(19(24)13-18)12-20(25)22(27)26-14-15(2)11-17-6-4-5-7-21(17)26/h3-9,13,15,20H,1,10-12,14,25H2,2H3/t15?,20-/m0/s1. The molecule has 2 aromatic carbocycles. The molecular weight excluding hydrogens is 404 g/mol. The van der Waals surface area contributed by atoms with Crippen LogP contribution < -0.4 is 15.4 Å². The first-order valence-electron chi connectivity index (χ1n) is 9.77. The first-order valence-corrected chi connectivity index (χ1v) is 10.2. The monoisotopic (exact) mass is 428 g/mol. The second-order valence-corrected chi connectivity index (χ2v) is 7.81. The maximum atomic E-state index is 13.1. The summed E-state index contributed by atoms with van der Waals surface area (Å²) >= 11 is 6.33. The average Bonchev–Trinajstić information content (AvgIpc) is 2.72. The Morgan fingerprint density at radius 2 is 2.10 bits per heavy atom. The van der Waals surface area contributed by atoms with Crippen LogP contribution in [0.5, 0.6) is 5.75 Å². The number of nitrogens with two attached hydrogens (primary N) is 1. The summed E-state index contributed by atoms with van der Waals surface area (Å²) < 4.78 is 9.82. The van der Waals surface area contributed by atoms with E-state index in [1.54, 1.807) is 17.0 Å². The van der Waals surface area contributed by atoms with Gasteiger partial charge in [-0.25, -0.2) is 4.79 Å². The first kappa shape index (κ1) is 21.9. The van der Waals surface area contributed by atoms with Crippen molar-refractivity contribution in [2.45, 2.75) is 25.8 Å². The van der Waals surface area contributed by atoms with E-state index in [1.807, 2.05) is 24.3 Å². The van der Waals surface area contributed by atoms with Crippen molar-refractivity contribution in [2.24, 2.45) is 11.7 Å². The Kier molecular flexibility index (Phi) is 7.13. The number of anilines is 1. The summed E-state index contributed by atoms with van der Waals surface area (Å²) in [7, 11) is 0. The van der Waals surface area contributed by atoms with Crippen molar-refractivity contribution >= 4 is 29.4 Å². The van der Waals surface area contributed by atoms with Gasteiger partial charge >= 0.3 is 6.16 Å². The van der Waals surface area contributed by atoms with Crippen molar-refractivity contribution < 1.29 is 19.1 Å². The zero-order valence-electron chi connectivity index (χ0n) is 16.8. The average molecular weight is 429 g/mol. The molecule has 0 fully saturated rings. The van der Waals surface area contributed by atoms with E-state index in [2.05, 4.69) is 13.5 Å². The summed E-state index contributed by atoms with van der Waals surface area (Å²) in [5.74, 6) is 0.465. The quantitative estimate of drug-likeness (QED) is 0.425. The fourth-order valence-corrected chi connectivity index (χ4v) is 3.79. The van der Waals surface area contributed by atoms with E-state index in [-0.39, 0.29) is 24.7 Å². The minimum Gasteiger partial charge on any atom is -0.430 e. The number of benzene rings is 2. The van der Waals surface area contributed by atoms with Crippen LogP contribution in [0, 0.1) is 5.92 Å². The van der Waals surface area contributed by atoms with Gasteiger partial charge in [0.1, 0.15) is 12.4 Å². The van der Waals surface area contributed by atoms with E-state index in [0.29, 0.717) is 23.0 Å². The predicted molar refractivity (Wildman–Crippen MR) is 117 cm³/mol. The Morgan fingerprint density at radius 3 is 2.83 bits per heavy atom. The molecular formula is C23H25ClN2O4. The topological polar surface area (TPSA) is 81.9 Å². The molecule has 30 heavy (non-hydrogen) atoms. The van der Waals surface area contributed by atoms with Crippen molar-refractivity contribution in [2.75, 3.05) is 18.1 Å². The van der Waals surface area contributed by atoms with Gasteiger partial charge in [0.05, 0.1) is 6.04 Å². The molecule has 158 valence electrons. The van der Waals surface area contributed by atoms with E-state index in [9.17, 15) is 9.59 Å². The zero-order chi connectivity index (χ0) is 21.7. The van der Waals surface area contributed by atoms with Gasteiger partial charge in [-0.05, 0) is 48.1 Å². The second kappa shape index (κ2) is 9.78. The summed E-state index contributed by atoms with van der Waals surface area (Å²) in [6.45, 7) is 6.27. The van der Waals surface area contributed by atoms with Gasteiger partial charge in [0, 0.05) is 17.3 Å². The van der Waals surface area contributed by atoms with Gasteiger partial charge in [0.25, 0.3) is 0 Å². The van der Waals surface area contributed by atoms with E-state index in [0.717, 1.165) is 17.7 Å². The third-order valence-electron chi connectivity index (χ3n) is 4.91. The van der Waals surface area contributed by atoms with Gasteiger partial charge in [-0.3, -0.25) is 4.79 Å². The Bertz CT molecular complexity index is 947. The molecule has 1 aliphatic heterocycles. The molecule has 1 amide bonds. The lowest BCUT2D eigenvalue weighted by molar-refractivity contribution is -0.120. The van der Waals surface area contributed by atoms with Gasteiger partial charge in [0.15, 0.2) is 0 Å². The van der Waals surface area contributed by atoms with Gasteiger partial charge in [-0.2, -0.15) is 0 Å². The minimum atomic E-state index is -0.844. The maximum absolute atomic E-state index is 13.1. The van der Waals surface area contributed by atoms with Gasteiger partial charge in [-0.15, -0.1) is 0 Å². The van der Waals surface area contributed by atoms with Crippen molar-refractivity contribution in [3.63, 3.8) is 0 Å². The van der Waals surface area contributed by atoms with Gasteiger partial charge < -0.3 is 20.1 Å². The third kappa shape index (κ3) is 5.20. The summed E-state index contributed by atoms with van der Waals surface area (Å²) in [4.78, 5) is 26.4. The molecule has 2 N–H and O–H groups in total. The van der Waals surface area contributed by atoms with Crippen molar-refractivity contribution in [3.05, 3.63) is 71.3 Å². The third-order valence-corrected chi connectivity index (χ3v) is 5.26. The maximum Gasteiger partial charge on any atom is 0.514 e. The summed E-state index contributed by atoms with van der Waals surface area (Å²) in [5, 5.41) is 0.361. The smallest absolute Gasteiger partial charge is 0.430 e. The van der Waals surface area contributed by atoms with E-state index in [4.69, 9.17) is 26.8 Å². The Morgan fingerprint density at radius 1 is 1.33 bits per heavy atom. The SMILES string of the molecule is C=CCOC(=O)Oc1ccc(C[C@H](N)C(=O)N2CC(C)Cc3ccccc32)c(Cl)c1. The Hall–Kier alpha value is -2.83. The molecule has 0 saturated carbocycles. The first-order chi connectivity index (χ1) is 14.4. The molecule has 2 aromatic rings. The van der Waals surface area contributed by atoms with Crippen LogP contribution in [-0.4, -0.2) is 31.3 Å². The van der Waals surface area contributed by atoms with Crippen LogP contribution in [0.1, 0.15) is 18.1 Å². The lowest BCUT2D eigenvalue weighted by Gasteiger charge is -2.34. The number of fused-ring (bicyclic) bond motifs is 1. The summed E-state index contributed by atoms with van der Waals surface area (Å²) in [6, 6.07) is 12.0. The number of hydrogen-bond acceptors (Lipinski definition) is 5. The second-order valence-electron chi connectivity index (χ2n) is 7.40. The molecule has 0 spiro atoms. The molecule has 7 heteroatoms. The molecule has 1 unspecified atom stereocenters. The number of para-hydroxylation sites is 1. The molecule has 6 nitrogen and oxygen atoms in total. The molecule has 0 aromatic heterocycles. The number of amides is 1. The van der Waals surface area contributed by atoms with Crippen LogP contribution in [0.4, 0.5) is 10.5 Å². The van der Waals surface area contributed by atoms with Gasteiger partial charge in [-0.1, -0.05) is 55.4 Å². The van der Waals surface area contributed by atoms with Crippen molar-refractivity contribution in [3.8, 4) is 5.75 Å². The largest absolute Gasteiger partial charge is 0.514 e. The lowest BCUT2D eigenvalue weighted by Crippen LogP contribution is -2.48. The fraction of sp³-hybridized carbons (Fsp3) is 0.304. The van der Waals surface area contributed by atoms with Gasteiger partial charge in [0.2, 0.25) is 5.91 Å². The highest BCUT2D eigenvalue weighted by Crippen LogP contribution is 2.30. The van der Waals surface area contributed by atoms with Crippen LogP contribution in [0.25, 0.3) is 0 Å². The molecule has 0 bridgehead atoms. The highest BCUT2D eigenvalue weighted by molar-refractivity contribution is 6.31. The van der Waals surface area contributed by atoms with E-state index in [1.165, 1.54) is 12.1 Å². The number of hydrogen-bond donors (Lipinski definition) is 1. The Balaban J connectivity index is 1.68. The number of nitrogens with zero attached hydrogens (tertiary/aromatic N) is 1. The normalized spacial score (nSPS) is 16.4. The van der Waals surface area contributed by atoms with Crippen LogP contribution in [0.2, 0.25) is 5.02 Å². The number of carbonyl (C=O) groups excluding carboxylic acids is 2. The number of halogens is 1. The summed E-state index contributed by atoms with van der Waals surface area (Å²) in [5.41, 5.74) is 9.03. The number of carbonyl (C=O) groups is 2. The molecule has 0 saturated heterocycles. The van der Waals surface area contributed by atoms with Crippen LogP contribution in [0.15, 0.2) is 55.1 Å². The van der Waals surface area contributed by atoms with E-state index >= 15 is 0 Å². The van der Waals surface area contributed by atoms with Crippen molar-refractivity contribution in [1.82, 2.24) is 0 Å². The summed E-state index contributed by atoms with van der Waals surface area (Å²) in [6.07, 6.45) is 1.81. The van der Waals surface area contributed by atoms with E-state index < -0.39 is 12.2 Å². The van der Waals surface area contributed by atoms with Crippen LogP contribution in [-0.2, 0) is 22.4 Å². The molecule has 1 aliphatic rings. The van der Waals surface area contributed by atoms with Crippen molar-refractivity contribution in [1.29, 1.82) is 0 Å². The molecule has 0 aliphatic carbocycles. The fourth-order valence-electron chi connectivity index (χ4n) is 3.54. The number of rotatable bonds is 6. The lowest BCUT2D eigenvalue weighted by atomic mass is 9.93. The molecule has 2 atom stereocenters. The van der Waals surface area contributed by atoms with Crippen LogP contribution in [0.3, 0.4) is 0 Å². The van der Waals surface area contributed by atoms with Crippen LogP contribution >= 0.6 is 11.6 Å². The zero-order valence-corrected chi connectivity index (χ0v) is 17.6. The predicted octanol–water partition coefficient (Wildman–Crippen LogP) is 4.14.